The molecule has 5 heteroatoms. The Morgan fingerprint density at radius 2 is 1.64 bits per heavy atom. The van der Waals surface area contributed by atoms with Gasteiger partial charge in [0.1, 0.15) is 0 Å². The van der Waals surface area contributed by atoms with Crippen LogP contribution in [0.3, 0.4) is 0 Å². The van der Waals surface area contributed by atoms with Crippen LogP contribution >= 0.6 is 0 Å². The highest BCUT2D eigenvalue weighted by Gasteiger charge is 1.88. The molecule has 0 aliphatic rings. The zero-order chi connectivity index (χ0) is 9.49. The predicted molar refractivity (Wildman–Crippen MR) is 42.0 cm³/mol. The number of quaternary nitrogens is 1. The van der Waals surface area contributed by atoms with Gasteiger partial charge in [0.2, 0.25) is 0 Å². The molecule has 0 spiro atoms. The van der Waals surface area contributed by atoms with Crippen LogP contribution in [0.2, 0.25) is 0 Å². The summed E-state index contributed by atoms with van der Waals surface area (Å²) in [4.78, 5) is 9.45. The summed E-state index contributed by atoms with van der Waals surface area (Å²) < 4.78 is 14.5. The molecule has 0 amide bonds. The second-order valence-corrected chi connectivity index (χ2v) is 4.15. The van der Waals surface area contributed by atoms with Crippen molar-refractivity contribution in [2.45, 2.75) is 6.92 Å². The van der Waals surface area contributed by atoms with Gasteiger partial charge in [-0.05, 0) is 6.92 Å². The lowest BCUT2D eigenvalue weighted by Crippen LogP contribution is -2.27. The van der Waals surface area contributed by atoms with Crippen molar-refractivity contribution < 1.29 is 18.2 Å². The van der Waals surface area contributed by atoms with Crippen LogP contribution in [0.1, 0.15) is 6.92 Å². The van der Waals surface area contributed by atoms with Crippen LogP contribution in [-0.4, -0.2) is 48.5 Å². The molecule has 0 aliphatic carbocycles. The van der Waals surface area contributed by atoms with Crippen molar-refractivity contribution in [2.24, 2.45) is 0 Å². The lowest BCUT2D eigenvalue weighted by molar-refractivity contribution is -0.849. The maximum atomic E-state index is 9.45. The Hall–Kier alpha value is -0.423. The van der Waals surface area contributed by atoms with E-state index < -0.39 is 9.17 Å². The zero-order valence-corrected chi connectivity index (χ0v) is 8.88. The van der Waals surface area contributed by atoms with E-state index in [0.717, 1.165) is 4.48 Å². The van der Waals surface area contributed by atoms with Gasteiger partial charge in [-0.3, -0.25) is 0 Å². The van der Waals surface area contributed by atoms with E-state index in [9.17, 15) is 9.26 Å². The first kappa shape index (κ1) is 13.2. The Balaban J connectivity index is 0. The van der Waals surface area contributed by atoms with Gasteiger partial charge in [0.15, 0.2) is 0 Å². The molecule has 68 valence electrons. The summed E-state index contributed by atoms with van der Waals surface area (Å²) in [7, 11) is 5.61. The smallest absolute Gasteiger partial charge is 0.413 e. The monoisotopic (exact) mass is 179 g/mol. The van der Waals surface area contributed by atoms with E-state index >= 15 is 0 Å². The van der Waals surface area contributed by atoms with Crippen LogP contribution in [0.5, 0.6) is 0 Å². The molecule has 0 aromatic heterocycles. The Bertz CT molecular complexity index is 105. The van der Waals surface area contributed by atoms with Crippen LogP contribution in [0, 0.1) is 0 Å². The van der Waals surface area contributed by atoms with E-state index in [1.54, 1.807) is 6.92 Å². The SMILES string of the molecule is CCO[Si](=O)[O-].C[N+](C)(C)C. The van der Waals surface area contributed by atoms with E-state index in [4.69, 9.17) is 0 Å². The summed E-state index contributed by atoms with van der Waals surface area (Å²) in [5, 5.41) is 0. The number of rotatable bonds is 2. The van der Waals surface area contributed by atoms with Gasteiger partial charge in [0.25, 0.3) is 0 Å². The first-order valence-corrected chi connectivity index (χ1v) is 4.62. The van der Waals surface area contributed by atoms with Crippen molar-refractivity contribution in [2.75, 3.05) is 34.8 Å². The fourth-order valence-corrected chi connectivity index (χ4v) is 0.354. The van der Waals surface area contributed by atoms with Gasteiger partial charge >= 0.3 is 9.17 Å². The summed E-state index contributed by atoms with van der Waals surface area (Å²) >= 11 is 0. The summed E-state index contributed by atoms with van der Waals surface area (Å²) in [5.74, 6) is 0. The van der Waals surface area contributed by atoms with Crippen LogP contribution in [0.15, 0.2) is 0 Å². The van der Waals surface area contributed by atoms with Crippen molar-refractivity contribution in [3.63, 3.8) is 0 Å². The van der Waals surface area contributed by atoms with Crippen molar-refractivity contribution in [1.29, 1.82) is 0 Å². The minimum atomic E-state index is -2.89. The van der Waals surface area contributed by atoms with E-state index in [1.807, 2.05) is 0 Å². The Labute approximate surface area is 69.9 Å². The highest BCUT2D eigenvalue weighted by Crippen LogP contribution is 1.73. The fraction of sp³-hybridized carbons (Fsp3) is 1.00. The molecule has 0 aromatic carbocycles. The van der Waals surface area contributed by atoms with Gasteiger partial charge in [0, 0.05) is 6.61 Å². The van der Waals surface area contributed by atoms with E-state index in [-0.39, 0.29) is 6.61 Å². The maximum Gasteiger partial charge on any atom is 0.413 e. The highest BCUT2D eigenvalue weighted by molar-refractivity contribution is 6.21. The second-order valence-electron chi connectivity index (χ2n) is 3.37. The number of nitrogens with zero attached hydrogens (tertiary/aromatic N) is 1. The molecule has 11 heavy (non-hydrogen) atoms. The Kier molecular flexibility index (Phi) is 7.55. The van der Waals surface area contributed by atoms with Gasteiger partial charge in [0.05, 0.1) is 28.2 Å². The van der Waals surface area contributed by atoms with Crippen LogP contribution in [0.25, 0.3) is 0 Å². The third-order valence-corrected chi connectivity index (χ3v) is 0.787. The molecule has 0 saturated carbocycles. The lowest BCUT2D eigenvalue weighted by atomic mass is 10.8. The molecular weight excluding hydrogens is 162 g/mol. The molecular formula is C6H17NO3Si. The van der Waals surface area contributed by atoms with Crippen molar-refractivity contribution in [3.8, 4) is 0 Å². The Morgan fingerprint density at radius 3 is 1.64 bits per heavy atom. The average molecular weight is 179 g/mol. The van der Waals surface area contributed by atoms with Crippen LogP contribution < -0.4 is 4.80 Å². The standard InChI is InChI=1S/C4H12N.C2H5O3Si/c1-5(2,3)4;1-2-5-6(3)4/h1-4H3;2H2,1H3/q+1;-1. The van der Waals surface area contributed by atoms with Gasteiger partial charge in [-0.15, -0.1) is 0 Å². The molecule has 0 bridgehead atoms. The molecule has 0 radical (unpaired) electrons. The molecule has 0 rings (SSSR count). The largest absolute Gasteiger partial charge is 0.588 e. The topological polar surface area (TPSA) is 49.4 Å². The predicted octanol–water partition coefficient (Wildman–Crippen LogP) is -0.879. The number of hydrogen-bond acceptors (Lipinski definition) is 3. The fourth-order valence-electron chi connectivity index (χ4n) is 0.118. The first-order valence-electron chi connectivity index (χ1n) is 3.40. The summed E-state index contributed by atoms with van der Waals surface area (Å²) in [6, 6.07) is 0. The third kappa shape index (κ3) is 82.8. The molecule has 4 nitrogen and oxygen atoms in total. The van der Waals surface area contributed by atoms with E-state index in [0.29, 0.717) is 0 Å². The molecule has 0 N–H and O–H groups in total. The highest BCUT2D eigenvalue weighted by atomic mass is 28.3. The average Bonchev–Trinajstić information content (AvgIpc) is 1.58. The van der Waals surface area contributed by atoms with E-state index in [1.165, 1.54) is 0 Å². The van der Waals surface area contributed by atoms with Crippen LogP contribution in [-0.2, 0) is 8.89 Å². The van der Waals surface area contributed by atoms with Gasteiger partial charge in [-0.2, -0.15) is 0 Å². The van der Waals surface area contributed by atoms with Crippen molar-refractivity contribution in [1.82, 2.24) is 0 Å². The molecule has 0 heterocycles. The second kappa shape index (κ2) is 6.30. The zero-order valence-electron chi connectivity index (χ0n) is 7.88. The summed E-state index contributed by atoms with van der Waals surface area (Å²) in [6.45, 7) is 1.88. The minimum Gasteiger partial charge on any atom is -0.588 e. The van der Waals surface area contributed by atoms with Crippen LogP contribution in [0.4, 0.5) is 0 Å². The molecule has 0 fully saturated rings. The molecule has 0 atom stereocenters. The quantitative estimate of drug-likeness (QED) is 0.408. The third-order valence-electron chi connectivity index (χ3n) is 0.262. The number of hydrogen-bond donors (Lipinski definition) is 0. The molecule has 0 saturated heterocycles. The van der Waals surface area contributed by atoms with Crippen molar-refractivity contribution in [3.05, 3.63) is 0 Å². The van der Waals surface area contributed by atoms with E-state index in [2.05, 4.69) is 32.6 Å². The first-order chi connectivity index (χ1) is 4.77. The van der Waals surface area contributed by atoms with Gasteiger partial charge < -0.3 is 18.2 Å². The molecule has 0 aromatic rings. The molecule has 0 aliphatic heterocycles. The lowest BCUT2D eigenvalue weighted by Gasteiger charge is -2.14. The molecule has 0 unspecified atom stereocenters. The van der Waals surface area contributed by atoms with Crippen molar-refractivity contribution >= 4 is 9.17 Å². The van der Waals surface area contributed by atoms with Gasteiger partial charge in [-0.25, -0.2) is 0 Å². The minimum absolute atomic E-state index is 0.251. The maximum absolute atomic E-state index is 9.45. The Morgan fingerprint density at radius 1 is 1.36 bits per heavy atom. The summed E-state index contributed by atoms with van der Waals surface area (Å²) in [6.07, 6.45) is 0. The van der Waals surface area contributed by atoms with Gasteiger partial charge in [-0.1, -0.05) is 0 Å². The normalized spacial score (nSPS) is 9.55. The summed E-state index contributed by atoms with van der Waals surface area (Å²) in [5.41, 5.74) is 0.